The first kappa shape index (κ1) is 11.1. The van der Waals surface area contributed by atoms with Crippen LogP contribution >= 0.6 is 0 Å². The van der Waals surface area contributed by atoms with Gasteiger partial charge in [0.25, 0.3) is 0 Å². The molecule has 2 nitrogen and oxygen atoms in total. The number of nitrogens with zero attached hydrogens (tertiary/aromatic N) is 1. The van der Waals surface area contributed by atoms with Gasteiger partial charge in [-0.2, -0.15) is 0 Å². The highest BCUT2D eigenvalue weighted by molar-refractivity contribution is 5.83. The summed E-state index contributed by atoms with van der Waals surface area (Å²) in [5.74, 6) is 0. The molecular formula is C14H18N2. The lowest BCUT2D eigenvalue weighted by molar-refractivity contribution is 0.491. The van der Waals surface area contributed by atoms with E-state index < -0.39 is 0 Å². The molecule has 0 bridgehead atoms. The van der Waals surface area contributed by atoms with Gasteiger partial charge in [-0.3, -0.25) is 4.98 Å². The summed E-state index contributed by atoms with van der Waals surface area (Å²) in [6, 6.07) is 10.4. The van der Waals surface area contributed by atoms with Gasteiger partial charge in [0.05, 0.1) is 5.52 Å². The molecule has 1 aromatic heterocycles. The molecule has 2 aromatic rings. The third-order valence-corrected chi connectivity index (χ3v) is 3.14. The molecule has 2 rings (SSSR count). The van der Waals surface area contributed by atoms with E-state index in [1.54, 1.807) is 0 Å². The first-order valence-electron chi connectivity index (χ1n) is 5.69. The molecule has 0 amide bonds. The van der Waals surface area contributed by atoms with Gasteiger partial charge in [-0.15, -0.1) is 0 Å². The van der Waals surface area contributed by atoms with Gasteiger partial charge in [-0.05, 0) is 36.1 Å². The molecule has 0 unspecified atom stereocenters. The van der Waals surface area contributed by atoms with Crippen molar-refractivity contribution in [3.63, 3.8) is 0 Å². The second-order valence-corrected chi connectivity index (χ2v) is 4.80. The average molecular weight is 214 g/mol. The Morgan fingerprint density at radius 3 is 2.75 bits per heavy atom. The first-order valence-corrected chi connectivity index (χ1v) is 5.69. The van der Waals surface area contributed by atoms with Gasteiger partial charge >= 0.3 is 0 Å². The minimum absolute atomic E-state index is 0.108. The fourth-order valence-electron chi connectivity index (χ4n) is 2.19. The molecule has 2 N–H and O–H groups in total. The van der Waals surface area contributed by atoms with Crippen LogP contribution < -0.4 is 5.73 Å². The van der Waals surface area contributed by atoms with Crippen LogP contribution in [0.25, 0.3) is 10.9 Å². The van der Waals surface area contributed by atoms with Crippen molar-refractivity contribution in [2.75, 3.05) is 6.54 Å². The molecule has 0 saturated heterocycles. The Morgan fingerprint density at radius 2 is 2.00 bits per heavy atom. The standard InChI is InChI=1S/C14H18N2/c1-14(2,8-9-15)12-6-3-7-13-11(12)5-4-10-16-13/h3-7,10H,8-9,15H2,1-2H3. The fourth-order valence-corrected chi connectivity index (χ4v) is 2.19. The maximum absolute atomic E-state index is 5.68. The normalized spacial score (nSPS) is 11.9. The summed E-state index contributed by atoms with van der Waals surface area (Å²) < 4.78 is 0. The number of aromatic nitrogens is 1. The van der Waals surface area contributed by atoms with E-state index in [9.17, 15) is 0 Å². The first-order chi connectivity index (χ1) is 7.65. The maximum Gasteiger partial charge on any atom is 0.0704 e. The topological polar surface area (TPSA) is 38.9 Å². The van der Waals surface area contributed by atoms with E-state index in [4.69, 9.17) is 5.73 Å². The van der Waals surface area contributed by atoms with Gasteiger partial charge in [0, 0.05) is 11.6 Å². The lowest BCUT2D eigenvalue weighted by Gasteiger charge is -2.26. The van der Waals surface area contributed by atoms with Crippen molar-refractivity contribution in [2.45, 2.75) is 25.7 Å². The lowest BCUT2D eigenvalue weighted by atomic mass is 9.80. The van der Waals surface area contributed by atoms with Crippen LogP contribution in [-0.4, -0.2) is 11.5 Å². The summed E-state index contributed by atoms with van der Waals surface area (Å²) in [7, 11) is 0. The summed E-state index contributed by atoms with van der Waals surface area (Å²) in [6.07, 6.45) is 2.82. The zero-order chi connectivity index (χ0) is 11.6. The van der Waals surface area contributed by atoms with Crippen molar-refractivity contribution in [3.8, 4) is 0 Å². The molecule has 0 spiro atoms. The second-order valence-electron chi connectivity index (χ2n) is 4.80. The van der Waals surface area contributed by atoms with Crippen LogP contribution in [0.15, 0.2) is 36.5 Å². The van der Waals surface area contributed by atoms with Crippen LogP contribution in [0.4, 0.5) is 0 Å². The molecule has 0 saturated carbocycles. The Kier molecular flexibility index (Phi) is 2.92. The molecule has 2 heteroatoms. The van der Waals surface area contributed by atoms with E-state index >= 15 is 0 Å². The van der Waals surface area contributed by atoms with Crippen LogP contribution in [0, 0.1) is 0 Å². The highest BCUT2D eigenvalue weighted by Crippen LogP contribution is 2.31. The number of pyridine rings is 1. The van der Waals surface area contributed by atoms with Gasteiger partial charge in [0.15, 0.2) is 0 Å². The second kappa shape index (κ2) is 4.22. The zero-order valence-electron chi connectivity index (χ0n) is 9.90. The van der Waals surface area contributed by atoms with E-state index in [1.807, 2.05) is 12.3 Å². The average Bonchev–Trinajstić information content (AvgIpc) is 2.28. The van der Waals surface area contributed by atoms with Gasteiger partial charge < -0.3 is 5.73 Å². The van der Waals surface area contributed by atoms with Crippen LogP contribution in [0.2, 0.25) is 0 Å². The molecule has 0 aliphatic rings. The summed E-state index contributed by atoms with van der Waals surface area (Å²) in [6.45, 7) is 5.19. The van der Waals surface area contributed by atoms with E-state index in [0.717, 1.165) is 11.9 Å². The quantitative estimate of drug-likeness (QED) is 0.853. The predicted molar refractivity (Wildman–Crippen MR) is 68.4 cm³/mol. The van der Waals surface area contributed by atoms with Crippen molar-refractivity contribution >= 4 is 10.9 Å². The molecule has 0 radical (unpaired) electrons. The Balaban J connectivity index is 2.60. The van der Waals surface area contributed by atoms with Gasteiger partial charge in [-0.1, -0.05) is 32.0 Å². The molecule has 1 aromatic carbocycles. The summed E-state index contributed by atoms with van der Waals surface area (Å²) in [5, 5.41) is 1.24. The van der Waals surface area contributed by atoms with E-state index in [-0.39, 0.29) is 5.41 Å². The van der Waals surface area contributed by atoms with Gasteiger partial charge in [0.2, 0.25) is 0 Å². The van der Waals surface area contributed by atoms with Crippen LogP contribution in [-0.2, 0) is 5.41 Å². The monoisotopic (exact) mass is 214 g/mol. The van der Waals surface area contributed by atoms with Gasteiger partial charge in [-0.25, -0.2) is 0 Å². The third kappa shape index (κ3) is 1.93. The van der Waals surface area contributed by atoms with Gasteiger partial charge in [0.1, 0.15) is 0 Å². The number of hydrogen-bond donors (Lipinski definition) is 1. The molecule has 0 atom stereocenters. The number of fused-ring (bicyclic) bond motifs is 1. The number of rotatable bonds is 3. The van der Waals surface area contributed by atoms with Crippen LogP contribution in [0.3, 0.4) is 0 Å². The zero-order valence-corrected chi connectivity index (χ0v) is 9.90. The molecule has 0 aliphatic carbocycles. The van der Waals surface area contributed by atoms with E-state index in [1.165, 1.54) is 10.9 Å². The van der Waals surface area contributed by atoms with Crippen LogP contribution in [0.5, 0.6) is 0 Å². The van der Waals surface area contributed by atoms with Crippen molar-refractivity contribution in [1.82, 2.24) is 4.98 Å². The van der Waals surface area contributed by atoms with Crippen LogP contribution in [0.1, 0.15) is 25.8 Å². The summed E-state index contributed by atoms with van der Waals surface area (Å²) in [4.78, 5) is 4.38. The smallest absolute Gasteiger partial charge is 0.0704 e. The molecule has 1 heterocycles. The maximum atomic E-state index is 5.68. The van der Waals surface area contributed by atoms with Crippen molar-refractivity contribution < 1.29 is 0 Å². The molecular weight excluding hydrogens is 196 g/mol. The number of benzene rings is 1. The van der Waals surface area contributed by atoms with E-state index in [2.05, 4.69) is 43.1 Å². The third-order valence-electron chi connectivity index (χ3n) is 3.14. The molecule has 0 fully saturated rings. The predicted octanol–water partition coefficient (Wildman–Crippen LogP) is 2.86. The Morgan fingerprint density at radius 1 is 1.19 bits per heavy atom. The molecule has 0 aliphatic heterocycles. The summed E-state index contributed by atoms with van der Waals surface area (Å²) in [5.41, 5.74) is 8.19. The highest BCUT2D eigenvalue weighted by Gasteiger charge is 2.21. The molecule has 84 valence electrons. The summed E-state index contributed by atoms with van der Waals surface area (Å²) >= 11 is 0. The highest BCUT2D eigenvalue weighted by atomic mass is 14.6. The SMILES string of the molecule is CC(C)(CCN)c1cccc2ncccc12. The van der Waals surface area contributed by atoms with Crippen molar-refractivity contribution in [1.29, 1.82) is 0 Å². The van der Waals surface area contributed by atoms with E-state index in [0.29, 0.717) is 6.54 Å². The minimum Gasteiger partial charge on any atom is -0.330 e. The molecule has 16 heavy (non-hydrogen) atoms. The fraction of sp³-hybridized carbons (Fsp3) is 0.357. The number of hydrogen-bond acceptors (Lipinski definition) is 2. The Hall–Kier alpha value is -1.41. The Labute approximate surface area is 96.5 Å². The van der Waals surface area contributed by atoms with Crippen molar-refractivity contribution in [3.05, 3.63) is 42.1 Å². The van der Waals surface area contributed by atoms with Crippen molar-refractivity contribution in [2.24, 2.45) is 5.73 Å². The number of nitrogens with two attached hydrogens (primary N) is 1. The Bertz CT molecular complexity index is 484. The minimum atomic E-state index is 0.108. The lowest BCUT2D eigenvalue weighted by Crippen LogP contribution is -2.22. The largest absolute Gasteiger partial charge is 0.330 e.